The second-order valence-corrected chi connectivity index (χ2v) is 7.37. The number of piperazine rings is 1. The summed E-state index contributed by atoms with van der Waals surface area (Å²) < 4.78 is 0.533. The predicted octanol–water partition coefficient (Wildman–Crippen LogP) is 2.45. The normalized spacial score (nSPS) is 17.2. The van der Waals surface area contributed by atoms with Crippen molar-refractivity contribution in [1.82, 2.24) is 10.2 Å². The number of phenols is 1. The second kappa shape index (κ2) is 8.44. The van der Waals surface area contributed by atoms with E-state index in [-0.39, 0.29) is 36.5 Å². The second-order valence-electron chi connectivity index (χ2n) is 6.46. The van der Waals surface area contributed by atoms with Crippen molar-refractivity contribution in [1.29, 1.82) is 0 Å². The van der Waals surface area contributed by atoms with Gasteiger partial charge in [0.05, 0.1) is 4.92 Å². The monoisotopic (exact) mass is 423 g/mol. The number of aliphatic hydroxyl groups excluding tert-OH is 1. The van der Waals surface area contributed by atoms with Crippen LogP contribution in [0.5, 0.6) is 5.75 Å². The van der Waals surface area contributed by atoms with Gasteiger partial charge < -0.3 is 15.5 Å². The highest BCUT2D eigenvalue weighted by Crippen LogP contribution is 2.45. The van der Waals surface area contributed by atoms with Crippen molar-refractivity contribution in [2.75, 3.05) is 32.8 Å². The molecule has 24 heavy (non-hydrogen) atoms. The maximum Gasteiger partial charge on any atom is 0.312 e. The summed E-state index contributed by atoms with van der Waals surface area (Å²) in [6.45, 7) is 6.78. The van der Waals surface area contributed by atoms with Crippen molar-refractivity contribution in [3.63, 3.8) is 0 Å². The van der Waals surface area contributed by atoms with Crippen LogP contribution in [0, 0.1) is 15.5 Å². The first-order valence-electron chi connectivity index (χ1n) is 7.50. The molecule has 1 heterocycles. The Labute approximate surface area is 155 Å². The molecular formula is C15H23BrClN3O4. The van der Waals surface area contributed by atoms with Gasteiger partial charge >= 0.3 is 5.69 Å². The van der Waals surface area contributed by atoms with E-state index in [9.17, 15) is 20.3 Å². The third-order valence-electron chi connectivity index (χ3n) is 4.24. The third kappa shape index (κ3) is 4.37. The van der Waals surface area contributed by atoms with Gasteiger partial charge in [0.1, 0.15) is 0 Å². The van der Waals surface area contributed by atoms with Gasteiger partial charge in [-0.1, -0.05) is 29.8 Å². The maximum atomic E-state index is 11.2. The van der Waals surface area contributed by atoms with E-state index < -0.39 is 10.3 Å². The first kappa shape index (κ1) is 21.1. The lowest BCUT2D eigenvalue weighted by Crippen LogP contribution is -2.49. The van der Waals surface area contributed by atoms with Crippen molar-refractivity contribution in [2.45, 2.75) is 19.9 Å². The lowest BCUT2D eigenvalue weighted by Gasteiger charge is -2.43. The van der Waals surface area contributed by atoms with E-state index in [1.54, 1.807) is 6.07 Å². The summed E-state index contributed by atoms with van der Waals surface area (Å²) in [6.07, 6.45) is 0. The van der Waals surface area contributed by atoms with E-state index in [0.717, 1.165) is 26.2 Å². The van der Waals surface area contributed by atoms with Crippen LogP contribution in [0.15, 0.2) is 16.6 Å². The molecule has 0 aromatic heterocycles. The van der Waals surface area contributed by atoms with Crippen molar-refractivity contribution < 1.29 is 15.1 Å². The fourth-order valence-corrected chi connectivity index (χ4v) is 3.56. The topological polar surface area (TPSA) is 98.9 Å². The van der Waals surface area contributed by atoms with Gasteiger partial charge in [-0.3, -0.25) is 15.0 Å². The molecule has 0 spiro atoms. The SMILES string of the molecule is CC(C)(CO)[C@H](c1cc(Br)cc([N+](=O)[O-])c1O)N1CCNCC1.Cl. The number of phenolic OH excluding ortho intramolecular Hbond substituents is 1. The molecule has 1 atom stereocenters. The highest BCUT2D eigenvalue weighted by atomic mass is 79.9. The number of nitrogens with one attached hydrogen (secondary N) is 1. The quantitative estimate of drug-likeness (QED) is 0.496. The molecule has 1 aromatic rings. The maximum absolute atomic E-state index is 11.2. The minimum atomic E-state index is -0.593. The van der Waals surface area contributed by atoms with E-state index in [4.69, 9.17) is 0 Å². The molecule has 136 valence electrons. The lowest BCUT2D eigenvalue weighted by molar-refractivity contribution is -0.386. The Kier molecular flexibility index (Phi) is 7.43. The zero-order chi connectivity index (χ0) is 17.2. The van der Waals surface area contributed by atoms with Crippen LogP contribution < -0.4 is 5.32 Å². The van der Waals surface area contributed by atoms with E-state index in [2.05, 4.69) is 26.1 Å². The van der Waals surface area contributed by atoms with Crippen LogP contribution in [0.3, 0.4) is 0 Å². The molecule has 1 saturated heterocycles. The number of aliphatic hydroxyl groups is 1. The Morgan fingerprint density at radius 2 is 2.00 bits per heavy atom. The van der Waals surface area contributed by atoms with Crippen molar-refractivity contribution in [2.24, 2.45) is 5.41 Å². The number of nitrogens with zero attached hydrogens (tertiary/aromatic N) is 2. The van der Waals surface area contributed by atoms with Gasteiger partial charge in [-0.25, -0.2) is 0 Å². The highest BCUT2D eigenvalue weighted by Gasteiger charge is 2.39. The molecule has 2 rings (SSSR count). The van der Waals surface area contributed by atoms with Crippen LogP contribution in [0.4, 0.5) is 5.69 Å². The summed E-state index contributed by atoms with van der Waals surface area (Å²) in [5.41, 5.74) is -0.431. The summed E-state index contributed by atoms with van der Waals surface area (Å²) >= 11 is 3.29. The molecule has 0 bridgehead atoms. The number of hydrogen-bond donors (Lipinski definition) is 3. The number of halogens is 2. The average Bonchev–Trinajstić information content (AvgIpc) is 2.51. The number of rotatable bonds is 5. The minimum Gasteiger partial charge on any atom is -0.502 e. The molecule has 1 fully saturated rings. The van der Waals surface area contributed by atoms with Crippen LogP contribution in [-0.2, 0) is 0 Å². The molecule has 3 N–H and O–H groups in total. The first-order valence-corrected chi connectivity index (χ1v) is 8.29. The van der Waals surface area contributed by atoms with Crippen LogP contribution in [-0.4, -0.2) is 52.8 Å². The predicted molar refractivity (Wildman–Crippen MR) is 97.8 cm³/mol. The fraction of sp³-hybridized carbons (Fsp3) is 0.600. The molecule has 1 aliphatic rings. The standard InChI is InChI=1S/C15H22BrN3O4.ClH/c1-15(2,9-20)14(18-5-3-17-4-6-18)11-7-10(16)8-12(13(11)21)19(22)23;/h7-8,14,17,20-21H,3-6,9H2,1-2H3;1H/t14-;/m0./s1. The molecule has 0 aliphatic carbocycles. The molecule has 0 amide bonds. The lowest BCUT2D eigenvalue weighted by atomic mass is 9.79. The number of nitro benzene ring substituents is 1. The van der Waals surface area contributed by atoms with Gasteiger partial charge in [0.25, 0.3) is 0 Å². The van der Waals surface area contributed by atoms with Crippen LogP contribution in [0.25, 0.3) is 0 Å². The van der Waals surface area contributed by atoms with Gasteiger partial charge in [-0.05, 0) is 6.07 Å². The van der Waals surface area contributed by atoms with Crippen molar-refractivity contribution in [3.05, 3.63) is 32.3 Å². The number of benzene rings is 1. The van der Waals surface area contributed by atoms with E-state index in [0.29, 0.717) is 10.0 Å². The zero-order valence-electron chi connectivity index (χ0n) is 13.7. The minimum absolute atomic E-state index is 0. The molecular weight excluding hydrogens is 402 g/mol. The van der Waals surface area contributed by atoms with Crippen LogP contribution >= 0.6 is 28.3 Å². The molecule has 0 unspecified atom stereocenters. The van der Waals surface area contributed by atoms with E-state index in [1.165, 1.54) is 6.07 Å². The van der Waals surface area contributed by atoms with Gasteiger partial charge in [-0.2, -0.15) is 0 Å². The summed E-state index contributed by atoms with van der Waals surface area (Å²) in [5, 5.41) is 34.7. The van der Waals surface area contributed by atoms with Crippen LogP contribution in [0.1, 0.15) is 25.5 Å². The number of aromatic hydroxyl groups is 1. The van der Waals surface area contributed by atoms with E-state index in [1.807, 2.05) is 13.8 Å². The Morgan fingerprint density at radius 1 is 1.42 bits per heavy atom. The Bertz CT molecular complexity index is 594. The summed E-state index contributed by atoms with van der Waals surface area (Å²) in [6, 6.07) is 2.66. The summed E-state index contributed by atoms with van der Waals surface area (Å²) in [4.78, 5) is 12.8. The summed E-state index contributed by atoms with van der Waals surface area (Å²) in [5.74, 6) is -0.330. The van der Waals surface area contributed by atoms with Crippen LogP contribution in [0.2, 0.25) is 0 Å². The Balaban J connectivity index is 0.00000288. The van der Waals surface area contributed by atoms with Gasteiger partial charge in [0.2, 0.25) is 0 Å². The summed E-state index contributed by atoms with van der Waals surface area (Å²) in [7, 11) is 0. The zero-order valence-corrected chi connectivity index (χ0v) is 16.1. The van der Waals surface area contributed by atoms with Crippen molar-refractivity contribution in [3.8, 4) is 5.75 Å². The van der Waals surface area contributed by atoms with Gasteiger partial charge in [0, 0.05) is 60.3 Å². The smallest absolute Gasteiger partial charge is 0.312 e. The molecule has 0 saturated carbocycles. The highest BCUT2D eigenvalue weighted by molar-refractivity contribution is 9.10. The Hall–Kier alpha value is -0.930. The van der Waals surface area contributed by atoms with Gasteiger partial charge in [0.15, 0.2) is 5.75 Å². The van der Waals surface area contributed by atoms with E-state index >= 15 is 0 Å². The third-order valence-corrected chi connectivity index (χ3v) is 4.70. The molecule has 9 heteroatoms. The molecule has 1 aliphatic heterocycles. The molecule has 7 nitrogen and oxygen atoms in total. The number of nitro groups is 1. The largest absolute Gasteiger partial charge is 0.502 e. The fourth-order valence-electron chi connectivity index (χ4n) is 3.09. The first-order chi connectivity index (χ1) is 10.8. The van der Waals surface area contributed by atoms with Crippen molar-refractivity contribution >= 4 is 34.0 Å². The van der Waals surface area contributed by atoms with Gasteiger partial charge in [-0.15, -0.1) is 12.4 Å². The average molecular weight is 425 g/mol. The number of hydrogen-bond acceptors (Lipinski definition) is 6. The Morgan fingerprint density at radius 3 is 2.50 bits per heavy atom. The molecule has 0 radical (unpaired) electrons. The molecule has 1 aromatic carbocycles.